The van der Waals surface area contributed by atoms with Crippen LogP contribution in [-0.2, 0) is 4.79 Å². The van der Waals surface area contributed by atoms with E-state index in [0.29, 0.717) is 11.3 Å². The Morgan fingerprint density at radius 1 is 1.33 bits per heavy atom. The number of hydrogen-bond donors (Lipinski definition) is 1. The van der Waals surface area contributed by atoms with Gasteiger partial charge >= 0.3 is 0 Å². The third-order valence-corrected chi connectivity index (χ3v) is 3.96. The molecule has 0 heterocycles. The van der Waals surface area contributed by atoms with Crippen LogP contribution in [-0.4, -0.2) is 12.5 Å². The van der Waals surface area contributed by atoms with Gasteiger partial charge in [0.1, 0.15) is 0 Å². The summed E-state index contributed by atoms with van der Waals surface area (Å²) in [6.07, 6.45) is 5.96. The van der Waals surface area contributed by atoms with Gasteiger partial charge in [0.25, 0.3) is 0 Å². The first-order valence-corrected chi connectivity index (χ1v) is 6.63. The van der Waals surface area contributed by atoms with Crippen LogP contribution in [0.4, 0.5) is 0 Å². The van der Waals surface area contributed by atoms with Crippen molar-refractivity contribution in [3.63, 3.8) is 0 Å². The molecule has 18 heavy (non-hydrogen) atoms. The van der Waals surface area contributed by atoms with E-state index >= 15 is 0 Å². The zero-order chi connectivity index (χ0) is 13.0. The zero-order valence-electron chi connectivity index (χ0n) is 11.1. The van der Waals surface area contributed by atoms with Crippen LogP contribution in [0.15, 0.2) is 36.4 Å². The van der Waals surface area contributed by atoms with Gasteiger partial charge in [-0.05, 0) is 35.8 Å². The lowest BCUT2D eigenvalue weighted by molar-refractivity contribution is -0.116. The summed E-state index contributed by atoms with van der Waals surface area (Å²) in [4.78, 5) is 11.7. The Labute approximate surface area is 109 Å². The highest BCUT2D eigenvalue weighted by Crippen LogP contribution is 2.51. The van der Waals surface area contributed by atoms with Crippen molar-refractivity contribution in [1.29, 1.82) is 0 Å². The van der Waals surface area contributed by atoms with Crippen LogP contribution in [0.1, 0.15) is 32.3 Å². The number of hydrogen-bond acceptors (Lipinski definition) is 1. The summed E-state index contributed by atoms with van der Waals surface area (Å²) in [5.41, 5.74) is 1.42. The van der Waals surface area contributed by atoms with Gasteiger partial charge in [-0.2, -0.15) is 0 Å². The fourth-order valence-electron chi connectivity index (χ4n) is 2.18. The second-order valence-electron chi connectivity index (χ2n) is 5.48. The molecule has 0 saturated heterocycles. The van der Waals surface area contributed by atoms with Gasteiger partial charge in [-0.25, -0.2) is 0 Å². The average molecular weight is 243 g/mol. The molecule has 2 heteroatoms. The third kappa shape index (κ3) is 3.22. The average Bonchev–Trinajstić information content (AvgIpc) is 3.16. The summed E-state index contributed by atoms with van der Waals surface area (Å²) in [5, 5.41) is 3.01. The molecule has 1 N–H and O–H groups in total. The normalized spacial score (nSPS) is 17.1. The molecular weight excluding hydrogens is 222 g/mol. The van der Waals surface area contributed by atoms with E-state index in [1.165, 1.54) is 12.8 Å². The SMILES string of the molecule is CC(C)C1(CNC(=O)C=Cc2ccccc2)CC1. The summed E-state index contributed by atoms with van der Waals surface area (Å²) in [7, 11) is 0. The Hall–Kier alpha value is -1.57. The summed E-state index contributed by atoms with van der Waals surface area (Å²) in [6, 6.07) is 9.88. The van der Waals surface area contributed by atoms with Gasteiger partial charge in [-0.15, -0.1) is 0 Å². The van der Waals surface area contributed by atoms with E-state index in [9.17, 15) is 4.79 Å². The molecule has 2 nitrogen and oxygen atoms in total. The van der Waals surface area contributed by atoms with Gasteiger partial charge < -0.3 is 5.32 Å². The van der Waals surface area contributed by atoms with Crippen LogP contribution in [0.25, 0.3) is 6.08 Å². The molecule has 0 bridgehead atoms. The summed E-state index contributed by atoms with van der Waals surface area (Å²) in [6.45, 7) is 5.28. The summed E-state index contributed by atoms with van der Waals surface area (Å²) >= 11 is 0. The standard InChI is InChI=1S/C16H21NO/c1-13(2)16(10-11-16)12-17-15(18)9-8-14-6-4-3-5-7-14/h3-9,13H,10-12H2,1-2H3,(H,17,18). The zero-order valence-corrected chi connectivity index (χ0v) is 11.1. The summed E-state index contributed by atoms with van der Waals surface area (Å²) < 4.78 is 0. The lowest BCUT2D eigenvalue weighted by atomic mass is 9.92. The van der Waals surface area contributed by atoms with E-state index in [4.69, 9.17) is 0 Å². The first-order valence-electron chi connectivity index (χ1n) is 6.63. The monoisotopic (exact) mass is 243 g/mol. The highest BCUT2D eigenvalue weighted by Gasteiger charge is 2.45. The predicted octanol–water partition coefficient (Wildman–Crippen LogP) is 3.25. The number of carbonyl (C=O) groups is 1. The molecule has 1 saturated carbocycles. The van der Waals surface area contributed by atoms with Gasteiger partial charge in [-0.1, -0.05) is 44.2 Å². The van der Waals surface area contributed by atoms with Crippen LogP contribution in [0.3, 0.4) is 0 Å². The predicted molar refractivity (Wildman–Crippen MR) is 75.0 cm³/mol. The van der Waals surface area contributed by atoms with E-state index in [1.54, 1.807) is 6.08 Å². The Kier molecular flexibility index (Phi) is 3.85. The maximum atomic E-state index is 11.7. The van der Waals surface area contributed by atoms with E-state index in [2.05, 4.69) is 19.2 Å². The van der Waals surface area contributed by atoms with Gasteiger partial charge in [0, 0.05) is 12.6 Å². The summed E-state index contributed by atoms with van der Waals surface area (Å²) in [5.74, 6) is 0.654. The molecule has 1 amide bonds. The molecule has 1 aromatic rings. The van der Waals surface area contributed by atoms with Crippen molar-refractivity contribution in [3.8, 4) is 0 Å². The largest absolute Gasteiger partial charge is 0.352 e. The van der Waals surface area contributed by atoms with Crippen LogP contribution in [0.2, 0.25) is 0 Å². The molecule has 1 aromatic carbocycles. The molecule has 0 spiro atoms. The molecule has 96 valence electrons. The van der Waals surface area contributed by atoms with Crippen LogP contribution < -0.4 is 5.32 Å². The van der Waals surface area contributed by atoms with Crippen LogP contribution in [0.5, 0.6) is 0 Å². The Balaban J connectivity index is 1.81. The fourth-order valence-corrected chi connectivity index (χ4v) is 2.18. The van der Waals surface area contributed by atoms with Gasteiger partial charge in [0.15, 0.2) is 0 Å². The Bertz CT molecular complexity index is 430. The first kappa shape index (κ1) is 12.9. The highest BCUT2D eigenvalue weighted by atomic mass is 16.1. The van der Waals surface area contributed by atoms with Crippen molar-refractivity contribution < 1.29 is 4.79 Å². The van der Waals surface area contributed by atoms with E-state index < -0.39 is 0 Å². The minimum Gasteiger partial charge on any atom is -0.352 e. The molecule has 0 aromatic heterocycles. The number of rotatable bonds is 5. The maximum Gasteiger partial charge on any atom is 0.244 e. The lowest BCUT2D eigenvalue weighted by Crippen LogP contribution is -2.31. The number of benzene rings is 1. The first-order chi connectivity index (χ1) is 8.62. The van der Waals surface area contributed by atoms with Crippen LogP contribution >= 0.6 is 0 Å². The Morgan fingerprint density at radius 2 is 2.00 bits per heavy atom. The highest BCUT2D eigenvalue weighted by molar-refractivity contribution is 5.91. The van der Waals surface area contributed by atoms with Crippen molar-refractivity contribution in [1.82, 2.24) is 5.32 Å². The van der Waals surface area contributed by atoms with Gasteiger partial charge in [0.05, 0.1) is 0 Å². The molecule has 1 fully saturated rings. The smallest absolute Gasteiger partial charge is 0.244 e. The van der Waals surface area contributed by atoms with Crippen molar-refractivity contribution in [2.45, 2.75) is 26.7 Å². The van der Waals surface area contributed by atoms with Crippen molar-refractivity contribution >= 4 is 12.0 Å². The van der Waals surface area contributed by atoms with E-state index in [0.717, 1.165) is 12.1 Å². The number of amides is 1. The molecule has 2 rings (SSSR count). The second kappa shape index (κ2) is 5.38. The van der Waals surface area contributed by atoms with Crippen molar-refractivity contribution in [2.24, 2.45) is 11.3 Å². The van der Waals surface area contributed by atoms with E-state index in [1.807, 2.05) is 36.4 Å². The van der Waals surface area contributed by atoms with Gasteiger partial charge in [-0.3, -0.25) is 4.79 Å². The second-order valence-corrected chi connectivity index (χ2v) is 5.48. The quantitative estimate of drug-likeness (QED) is 0.790. The third-order valence-electron chi connectivity index (χ3n) is 3.96. The minimum absolute atomic E-state index is 0.00535. The maximum absolute atomic E-state index is 11.7. The molecular formula is C16H21NO. The molecule has 1 aliphatic carbocycles. The molecule has 0 atom stereocenters. The van der Waals surface area contributed by atoms with Crippen molar-refractivity contribution in [3.05, 3.63) is 42.0 Å². The van der Waals surface area contributed by atoms with Crippen LogP contribution in [0, 0.1) is 11.3 Å². The molecule has 0 aliphatic heterocycles. The Morgan fingerprint density at radius 3 is 2.56 bits per heavy atom. The number of carbonyl (C=O) groups excluding carboxylic acids is 1. The lowest BCUT2D eigenvalue weighted by Gasteiger charge is -2.19. The van der Waals surface area contributed by atoms with Gasteiger partial charge in [0.2, 0.25) is 5.91 Å². The molecule has 1 aliphatic rings. The molecule has 0 unspecified atom stereocenters. The fraction of sp³-hybridized carbons (Fsp3) is 0.438. The molecule has 0 radical (unpaired) electrons. The topological polar surface area (TPSA) is 29.1 Å². The number of nitrogens with one attached hydrogen (secondary N) is 1. The van der Waals surface area contributed by atoms with E-state index in [-0.39, 0.29) is 5.91 Å². The van der Waals surface area contributed by atoms with Crippen molar-refractivity contribution in [2.75, 3.05) is 6.54 Å². The minimum atomic E-state index is 0.00535.